The van der Waals surface area contributed by atoms with Gasteiger partial charge >= 0.3 is 0 Å². The number of hydrogen-bond donors (Lipinski definition) is 2. The molecule has 0 saturated carbocycles. The molecule has 0 aliphatic rings. The zero-order chi connectivity index (χ0) is 18.4. The molecular formula is C20H17ClFN3O. The number of rotatable bonds is 6. The third kappa shape index (κ3) is 5.04. The van der Waals surface area contributed by atoms with Crippen LogP contribution in [0.2, 0.25) is 5.02 Å². The Bertz CT molecular complexity index is 882. The lowest BCUT2D eigenvalue weighted by atomic mass is 10.1. The Kier molecular flexibility index (Phi) is 5.81. The predicted octanol–water partition coefficient (Wildman–Crippen LogP) is 4.78. The first-order valence-corrected chi connectivity index (χ1v) is 8.49. The van der Waals surface area contributed by atoms with Gasteiger partial charge in [0.15, 0.2) is 0 Å². The van der Waals surface area contributed by atoms with E-state index >= 15 is 0 Å². The summed E-state index contributed by atoms with van der Waals surface area (Å²) in [5, 5.41) is 6.47. The number of nitrogens with one attached hydrogen (secondary N) is 2. The van der Waals surface area contributed by atoms with Gasteiger partial charge in [0.2, 0.25) is 0 Å². The summed E-state index contributed by atoms with van der Waals surface area (Å²) in [6.45, 7) is 0.696. The van der Waals surface area contributed by atoms with Crippen molar-refractivity contribution in [3.05, 3.63) is 88.8 Å². The van der Waals surface area contributed by atoms with E-state index in [1.165, 1.54) is 12.1 Å². The Morgan fingerprint density at radius 2 is 1.88 bits per heavy atom. The van der Waals surface area contributed by atoms with Gasteiger partial charge in [-0.1, -0.05) is 29.8 Å². The van der Waals surface area contributed by atoms with Crippen LogP contribution in [0, 0.1) is 5.82 Å². The quantitative estimate of drug-likeness (QED) is 0.657. The van der Waals surface area contributed by atoms with E-state index in [1.54, 1.807) is 48.7 Å². The number of aromatic nitrogens is 1. The lowest BCUT2D eigenvalue weighted by Crippen LogP contribution is -2.13. The average molecular weight is 370 g/mol. The predicted molar refractivity (Wildman–Crippen MR) is 102 cm³/mol. The van der Waals surface area contributed by atoms with Crippen LogP contribution in [-0.2, 0) is 6.42 Å². The summed E-state index contributed by atoms with van der Waals surface area (Å²) < 4.78 is 12.9. The highest BCUT2D eigenvalue weighted by Gasteiger charge is 2.07. The molecule has 0 aliphatic carbocycles. The van der Waals surface area contributed by atoms with E-state index in [-0.39, 0.29) is 11.7 Å². The molecule has 0 unspecified atom stereocenters. The number of halogens is 2. The number of pyridine rings is 1. The SMILES string of the molecule is O=C(Nc1ccc(NCCc2ccc(F)cc2)cn1)c1cccc(Cl)c1. The zero-order valence-corrected chi connectivity index (χ0v) is 14.6. The molecule has 0 radical (unpaired) electrons. The van der Waals surface area contributed by atoms with Gasteiger partial charge in [0.25, 0.3) is 5.91 Å². The number of hydrogen-bond acceptors (Lipinski definition) is 3. The third-order valence-electron chi connectivity index (χ3n) is 3.75. The van der Waals surface area contributed by atoms with Gasteiger partial charge in [-0.25, -0.2) is 9.37 Å². The van der Waals surface area contributed by atoms with Gasteiger partial charge in [-0.15, -0.1) is 0 Å². The van der Waals surface area contributed by atoms with Gasteiger partial charge in [-0.2, -0.15) is 0 Å². The van der Waals surface area contributed by atoms with Crippen molar-refractivity contribution < 1.29 is 9.18 Å². The molecule has 0 saturated heterocycles. The van der Waals surface area contributed by atoms with E-state index in [0.29, 0.717) is 22.9 Å². The average Bonchev–Trinajstić information content (AvgIpc) is 2.65. The van der Waals surface area contributed by atoms with Crippen LogP contribution in [0.3, 0.4) is 0 Å². The van der Waals surface area contributed by atoms with Crippen molar-refractivity contribution in [3.8, 4) is 0 Å². The van der Waals surface area contributed by atoms with Crippen molar-refractivity contribution in [2.45, 2.75) is 6.42 Å². The van der Waals surface area contributed by atoms with Crippen LogP contribution in [-0.4, -0.2) is 17.4 Å². The topological polar surface area (TPSA) is 54.0 Å². The monoisotopic (exact) mass is 369 g/mol. The molecule has 3 aromatic rings. The van der Waals surface area contributed by atoms with Crippen LogP contribution in [0.25, 0.3) is 0 Å². The fraction of sp³-hybridized carbons (Fsp3) is 0.100. The second kappa shape index (κ2) is 8.45. The number of carbonyl (C=O) groups is 1. The van der Waals surface area contributed by atoms with Crippen LogP contribution in [0.15, 0.2) is 66.9 Å². The fourth-order valence-electron chi connectivity index (χ4n) is 2.39. The molecule has 3 rings (SSSR count). The summed E-state index contributed by atoms with van der Waals surface area (Å²) in [6.07, 6.45) is 2.42. The molecule has 2 aromatic carbocycles. The summed E-state index contributed by atoms with van der Waals surface area (Å²) in [5.41, 5.74) is 2.37. The normalized spacial score (nSPS) is 10.4. The molecule has 1 aromatic heterocycles. The number of nitrogens with zero attached hydrogens (tertiary/aromatic N) is 1. The highest BCUT2D eigenvalue weighted by molar-refractivity contribution is 6.31. The first-order chi connectivity index (χ1) is 12.6. The number of anilines is 2. The van der Waals surface area contributed by atoms with Gasteiger partial charge in [0.1, 0.15) is 11.6 Å². The largest absolute Gasteiger partial charge is 0.383 e. The maximum atomic E-state index is 12.9. The minimum Gasteiger partial charge on any atom is -0.383 e. The van der Waals surface area contributed by atoms with E-state index in [2.05, 4.69) is 15.6 Å². The second-order valence-corrected chi connectivity index (χ2v) is 6.14. The minimum atomic E-state index is -0.267. The molecule has 26 heavy (non-hydrogen) atoms. The summed E-state index contributed by atoms with van der Waals surface area (Å²) >= 11 is 5.89. The lowest BCUT2D eigenvalue weighted by Gasteiger charge is -2.08. The summed E-state index contributed by atoms with van der Waals surface area (Å²) in [7, 11) is 0. The smallest absolute Gasteiger partial charge is 0.256 e. The van der Waals surface area contributed by atoms with Crippen molar-refractivity contribution in [2.75, 3.05) is 17.2 Å². The van der Waals surface area contributed by atoms with E-state index in [9.17, 15) is 9.18 Å². The molecule has 0 spiro atoms. The molecule has 132 valence electrons. The van der Waals surface area contributed by atoms with Crippen molar-refractivity contribution in [2.24, 2.45) is 0 Å². The molecule has 2 N–H and O–H groups in total. The number of amides is 1. The maximum absolute atomic E-state index is 12.9. The van der Waals surface area contributed by atoms with E-state index in [1.807, 2.05) is 6.07 Å². The fourth-order valence-corrected chi connectivity index (χ4v) is 2.58. The van der Waals surface area contributed by atoms with Crippen molar-refractivity contribution in [3.63, 3.8) is 0 Å². The van der Waals surface area contributed by atoms with Gasteiger partial charge in [-0.05, 0) is 54.4 Å². The maximum Gasteiger partial charge on any atom is 0.256 e. The highest BCUT2D eigenvalue weighted by Crippen LogP contribution is 2.14. The Labute approximate surface area is 156 Å². The Morgan fingerprint density at radius 1 is 1.08 bits per heavy atom. The lowest BCUT2D eigenvalue weighted by molar-refractivity contribution is 0.102. The summed E-state index contributed by atoms with van der Waals surface area (Å²) in [6, 6.07) is 16.7. The highest BCUT2D eigenvalue weighted by atomic mass is 35.5. The molecule has 0 bridgehead atoms. The van der Waals surface area contributed by atoms with Crippen molar-refractivity contribution in [1.82, 2.24) is 4.98 Å². The number of benzene rings is 2. The molecule has 1 amide bonds. The molecular weight excluding hydrogens is 353 g/mol. The van der Waals surface area contributed by atoms with Gasteiger partial charge in [0.05, 0.1) is 11.9 Å². The van der Waals surface area contributed by atoms with Crippen LogP contribution in [0.5, 0.6) is 0 Å². The Morgan fingerprint density at radius 3 is 2.58 bits per heavy atom. The standard InChI is InChI=1S/C20H17ClFN3O/c21-16-3-1-2-15(12-16)20(26)25-19-9-8-18(13-24-19)23-11-10-14-4-6-17(22)7-5-14/h1-9,12-13,23H,10-11H2,(H,24,25,26). The minimum absolute atomic E-state index is 0.235. The molecule has 0 fully saturated rings. The van der Waals surface area contributed by atoms with Crippen molar-refractivity contribution in [1.29, 1.82) is 0 Å². The molecule has 4 nitrogen and oxygen atoms in total. The third-order valence-corrected chi connectivity index (χ3v) is 3.98. The van der Waals surface area contributed by atoms with Crippen LogP contribution < -0.4 is 10.6 Å². The first kappa shape index (κ1) is 17.9. The summed E-state index contributed by atoms with van der Waals surface area (Å²) in [5.74, 6) is -0.0441. The van der Waals surface area contributed by atoms with Gasteiger partial charge < -0.3 is 10.6 Å². The van der Waals surface area contributed by atoms with Gasteiger partial charge in [0, 0.05) is 17.1 Å². The second-order valence-electron chi connectivity index (χ2n) is 5.70. The summed E-state index contributed by atoms with van der Waals surface area (Å²) in [4.78, 5) is 16.4. The number of carbonyl (C=O) groups excluding carboxylic acids is 1. The van der Waals surface area contributed by atoms with Crippen LogP contribution in [0.4, 0.5) is 15.9 Å². The van der Waals surface area contributed by atoms with E-state index in [0.717, 1.165) is 17.7 Å². The Hall–Kier alpha value is -2.92. The van der Waals surface area contributed by atoms with E-state index in [4.69, 9.17) is 11.6 Å². The first-order valence-electron chi connectivity index (χ1n) is 8.11. The molecule has 6 heteroatoms. The van der Waals surface area contributed by atoms with Gasteiger partial charge in [-0.3, -0.25) is 4.79 Å². The molecule has 0 atom stereocenters. The van der Waals surface area contributed by atoms with E-state index < -0.39 is 0 Å². The van der Waals surface area contributed by atoms with Crippen LogP contribution >= 0.6 is 11.6 Å². The molecule has 1 heterocycles. The Balaban J connectivity index is 1.51. The van der Waals surface area contributed by atoms with Crippen LogP contribution in [0.1, 0.15) is 15.9 Å². The zero-order valence-electron chi connectivity index (χ0n) is 13.9. The van der Waals surface area contributed by atoms with Crippen molar-refractivity contribution >= 4 is 29.0 Å². The molecule has 0 aliphatic heterocycles.